The molecule has 0 bridgehead atoms. The molecule has 0 atom stereocenters. The number of nitro benzene ring substituents is 1. The first-order valence-corrected chi connectivity index (χ1v) is 7.18. The van der Waals surface area contributed by atoms with E-state index in [1.54, 1.807) is 0 Å². The lowest BCUT2D eigenvalue weighted by Crippen LogP contribution is -2.20. The van der Waals surface area contributed by atoms with E-state index in [-0.39, 0.29) is 5.69 Å². The van der Waals surface area contributed by atoms with Crippen molar-refractivity contribution in [3.05, 3.63) is 33.9 Å². The van der Waals surface area contributed by atoms with Crippen molar-refractivity contribution < 1.29 is 36.8 Å². The van der Waals surface area contributed by atoms with Crippen LogP contribution in [0.5, 0.6) is 0 Å². The zero-order valence-corrected chi connectivity index (χ0v) is 12.9. The third kappa shape index (κ3) is 9.89. The van der Waals surface area contributed by atoms with Crippen molar-refractivity contribution in [1.29, 1.82) is 0 Å². The molecule has 1 rings (SSSR count). The van der Waals surface area contributed by atoms with E-state index in [0.29, 0.717) is 11.3 Å². The Kier molecular flexibility index (Phi) is 7.79. The molecule has 0 unspecified atom stereocenters. The Bertz CT molecular complexity index is 691. The number of nitrogens with one attached hydrogen (secondary N) is 1. The van der Waals surface area contributed by atoms with Crippen LogP contribution in [0.25, 0.3) is 0 Å². The molecule has 0 aliphatic carbocycles. The summed E-state index contributed by atoms with van der Waals surface area (Å²) in [6, 6.07) is 4.34. The smallest absolute Gasteiger partial charge is 0.394 e. The van der Waals surface area contributed by atoms with Crippen LogP contribution in [-0.4, -0.2) is 40.9 Å². The molecule has 0 aromatic heterocycles. The van der Waals surface area contributed by atoms with E-state index in [9.17, 15) is 19.7 Å². The van der Waals surface area contributed by atoms with Crippen LogP contribution in [0.15, 0.2) is 18.2 Å². The summed E-state index contributed by atoms with van der Waals surface area (Å²) in [4.78, 5) is 32.1. The van der Waals surface area contributed by atoms with Crippen molar-refractivity contribution in [2.24, 2.45) is 0 Å². The lowest BCUT2D eigenvalue weighted by Gasteiger charge is -2.08. The molecule has 0 spiro atoms. The number of esters is 1. The maximum Gasteiger partial charge on any atom is 0.394 e. The summed E-state index contributed by atoms with van der Waals surface area (Å²) in [7, 11) is -4.67. The summed E-state index contributed by atoms with van der Waals surface area (Å²) in [6.07, 6.45) is 0. The standard InChI is InChI=1S/C11H12N2O5.H2O4S/c1-7-9(4-3-5-10(7)13(16)17)12-11(15)6-18-8(2)14;1-5(2,3)4/h3-5H,6H2,1-2H3,(H,12,15);(H2,1,2,3,4). The molecule has 0 heterocycles. The van der Waals surface area contributed by atoms with Gasteiger partial charge in [0.1, 0.15) is 0 Å². The van der Waals surface area contributed by atoms with E-state index in [1.165, 1.54) is 32.0 Å². The summed E-state index contributed by atoms with van der Waals surface area (Å²) < 4.78 is 36.1. The molecule has 3 N–H and O–H groups in total. The van der Waals surface area contributed by atoms with Crippen molar-refractivity contribution in [2.75, 3.05) is 11.9 Å². The van der Waals surface area contributed by atoms with Crippen LogP contribution in [0, 0.1) is 17.0 Å². The number of ether oxygens (including phenoxy) is 1. The second-order valence-corrected chi connectivity index (χ2v) is 4.88. The van der Waals surface area contributed by atoms with Gasteiger partial charge in [-0.3, -0.25) is 28.8 Å². The van der Waals surface area contributed by atoms with Gasteiger partial charge in [-0.15, -0.1) is 0 Å². The van der Waals surface area contributed by atoms with E-state index in [4.69, 9.17) is 17.5 Å². The maximum atomic E-state index is 11.4. The van der Waals surface area contributed by atoms with Crippen LogP contribution < -0.4 is 5.32 Å². The highest BCUT2D eigenvalue weighted by molar-refractivity contribution is 7.79. The summed E-state index contributed by atoms with van der Waals surface area (Å²) in [5.74, 6) is -1.12. The average Bonchev–Trinajstić information content (AvgIpc) is 2.36. The Morgan fingerprint density at radius 3 is 2.30 bits per heavy atom. The number of benzene rings is 1. The van der Waals surface area contributed by atoms with Gasteiger partial charge in [-0.1, -0.05) is 6.07 Å². The van der Waals surface area contributed by atoms with Crippen LogP contribution in [0.4, 0.5) is 11.4 Å². The highest BCUT2D eigenvalue weighted by atomic mass is 32.3. The Hall–Kier alpha value is -2.57. The Morgan fingerprint density at radius 1 is 1.35 bits per heavy atom. The third-order valence-electron chi connectivity index (χ3n) is 2.18. The molecule has 0 saturated carbocycles. The molecule has 12 heteroatoms. The summed E-state index contributed by atoms with van der Waals surface area (Å²) in [5.41, 5.74) is 0.584. The largest absolute Gasteiger partial charge is 0.456 e. The second kappa shape index (κ2) is 8.77. The molecular formula is C11H14N2O9S. The molecule has 1 aromatic rings. The first-order chi connectivity index (χ1) is 10.4. The van der Waals surface area contributed by atoms with Gasteiger partial charge in [0.25, 0.3) is 11.6 Å². The summed E-state index contributed by atoms with van der Waals surface area (Å²) >= 11 is 0. The zero-order chi connectivity index (χ0) is 18.2. The molecule has 23 heavy (non-hydrogen) atoms. The van der Waals surface area contributed by atoms with E-state index < -0.39 is 33.8 Å². The highest BCUT2D eigenvalue weighted by Crippen LogP contribution is 2.24. The van der Waals surface area contributed by atoms with Crippen molar-refractivity contribution in [3.8, 4) is 0 Å². The topological polar surface area (TPSA) is 173 Å². The van der Waals surface area contributed by atoms with Gasteiger partial charge < -0.3 is 10.1 Å². The van der Waals surface area contributed by atoms with Gasteiger partial charge in [-0.2, -0.15) is 8.42 Å². The van der Waals surface area contributed by atoms with Crippen molar-refractivity contribution >= 4 is 33.7 Å². The monoisotopic (exact) mass is 350 g/mol. The average molecular weight is 350 g/mol. The molecule has 1 amide bonds. The Balaban J connectivity index is 0.000000841. The van der Waals surface area contributed by atoms with Crippen molar-refractivity contribution in [1.82, 2.24) is 0 Å². The van der Waals surface area contributed by atoms with Crippen LogP contribution in [0.2, 0.25) is 0 Å². The summed E-state index contributed by atoms with van der Waals surface area (Å²) in [5, 5.41) is 13.1. The number of amides is 1. The van der Waals surface area contributed by atoms with Gasteiger partial charge in [0.15, 0.2) is 6.61 Å². The molecular weight excluding hydrogens is 336 g/mol. The number of carbonyl (C=O) groups excluding carboxylic acids is 2. The normalized spacial score (nSPS) is 10.1. The van der Waals surface area contributed by atoms with E-state index in [1.807, 2.05) is 0 Å². The van der Waals surface area contributed by atoms with Crippen molar-refractivity contribution in [2.45, 2.75) is 13.8 Å². The van der Waals surface area contributed by atoms with Crippen LogP contribution in [-0.2, 0) is 24.7 Å². The quantitative estimate of drug-likeness (QED) is 0.306. The molecule has 1 aromatic carbocycles. The SMILES string of the molecule is CC(=O)OCC(=O)Nc1cccc([N+](=O)[O-])c1C.O=S(=O)(O)O. The molecule has 11 nitrogen and oxygen atoms in total. The maximum absolute atomic E-state index is 11.4. The number of anilines is 1. The van der Waals surface area contributed by atoms with Gasteiger partial charge in [0.05, 0.1) is 16.2 Å². The van der Waals surface area contributed by atoms with Gasteiger partial charge >= 0.3 is 16.4 Å². The first kappa shape index (κ1) is 20.4. The van der Waals surface area contributed by atoms with E-state index >= 15 is 0 Å². The number of rotatable bonds is 4. The van der Waals surface area contributed by atoms with Gasteiger partial charge in [-0.05, 0) is 13.0 Å². The number of hydrogen-bond donors (Lipinski definition) is 3. The molecule has 0 saturated heterocycles. The third-order valence-corrected chi connectivity index (χ3v) is 2.18. The fraction of sp³-hybridized carbons (Fsp3) is 0.273. The van der Waals surface area contributed by atoms with E-state index in [0.717, 1.165) is 0 Å². The molecule has 0 aliphatic rings. The minimum Gasteiger partial charge on any atom is -0.456 e. The van der Waals surface area contributed by atoms with Crippen LogP contribution >= 0.6 is 0 Å². The van der Waals surface area contributed by atoms with Gasteiger partial charge in [0, 0.05) is 13.0 Å². The van der Waals surface area contributed by atoms with Gasteiger partial charge in [0.2, 0.25) is 0 Å². The number of nitrogens with zero attached hydrogens (tertiary/aromatic N) is 1. The first-order valence-electron chi connectivity index (χ1n) is 5.79. The molecule has 0 radical (unpaired) electrons. The molecule has 0 fully saturated rings. The second-order valence-electron chi connectivity index (χ2n) is 3.98. The highest BCUT2D eigenvalue weighted by Gasteiger charge is 2.14. The fourth-order valence-electron chi connectivity index (χ4n) is 1.31. The number of nitro groups is 1. The predicted octanol–water partition coefficient (Wildman–Crippen LogP) is 0.752. The molecule has 0 aliphatic heterocycles. The number of carbonyl (C=O) groups is 2. The Labute approximate surface area is 131 Å². The minimum absolute atomic E-state index is 0.0831. The van der Waals surface area contributed by atoms with E-state index in [2.05, 4.69) is 10.1 Å². The number of hydrogen-bond acceptors (Lipinski definition) is 7. The molecule has 128 valence electrons. The van der Waals surface area contributed by atoms with Crippen molar-refractivity contribution in [3.63, 3.8) is 0 Å². The minimum atomic E-state index is -4.67. The zero-order valence-electron chi connectivity index (χ0n) is 12.0. The lowest BCUT2D eigenvalue weighted by atomic mass is 10.1. The summed E-state index contributed by atoms with van der Waals surface area (Å²) in [6.45, 7) is 2.29. The predicted molar refractivity (Wildman–Crippen MR) is 77.3 cm³/mol. The Morgan fingerprint density at radius 2 is 1.87 bits per heavy atom. The fourth-order valence-corrected chi connectivity index (χ4v) is 1.31. The van der Waals surface area contributed by atoms with Crippen LogP contribution in [0.3, 0.4) is 0 Å². The van der Waals surface area contributed by atoms with Gasteiger partial charge in [-0.25, -0.2) is 0 Å². The van der Waals surface area contributed by atoms with Crippen LogP contribution in [0.1, 0.15) is 12.5 Å². The lowest BCUT2D eigenvalue weighted by molar-refractivity contribution is -0.385.